The number of hydrogen-bond donors (Lipinski definition) is 2. The van der Waals surface area contributed by atoms with Gasteiger partial charge in [0, 0.05) is 47.5 Å². The van der Waals surface area contributed by atoms with Crippen LogP contribution in [-0.2, 0) is 11.3 Å². The van der Waals surface area contributed by atoms with Crippen molar-refractivity contribution in [3.8, 4) is 17.0 Å². The highest BCUT2D eigenvalue weighted by Gasteiger charge is 2.25. The fourth-order valence-electron chi connectivity index (χ4n) is 4.37. The number of H-pyrrole nitrogens is 2. The summed E-state index contributed by atoms with van der Waals surface area (Å²) in [6, 6.07) is 15.9. The van der Waals surface area contributed by atoms with Gasteiger partial charge >= 0.3 is 5.97 Å². The van der Waals surface area contributed by atoms with Crippen molar-refractivity contribution in [2.24, 2.45) is 0 Å². The fourth-order valence-corrected chi connectivity index (χ4v) is 4.37. The number of aromatic amines is 2. The maximum absolute atomic E-state index is 12.4. The quantitative estimate of drug-likeness (QED) is 0.390. The lowest BCUT2D eigenvalue weighted by Gasteiger charge is -2.22. The molecular formula is C25H22N4O4. The molecule has 0 spiro atoms. The van der Waals surface area contributed by atoms with Gasteiger partial charge in [-0.05, 0) is 17.7 Å². The molecule has 0 amide bonds. The van der Waals surface area contributed by atoms with Gasteiger partial charge in [0.25, 0.3) is 5.56 Å². The Bertz CT molecular complexity index is 1480. The molecule has 166 valence electrons. The Hall–Kier alpha value is -4.33. The summed E-state index contributed by atoms with van der Waals surface area (Å²) >= 11 is 0. The standard InChI is InChI=1S/C25H22N4O4/c1-32-22-10-6-4-8-16(22)18(17-11-26-21-9-5-3-7-15(17)21)12-29-13-19-23(27-28-24(19)30)20(14-29)25(31)33-2/h3-11,13-14,18,26H,12H2,1-2H3,(H,28,30)/t18-/m0/s1. The van der Waals surface area contributed by atoms with Crippen LogP contribution in [0.1, 0.15) is 27.4 Å². The van der Waals surface area contributed by atoms with Gasteiger partial charge in [0.2, 0.25) is 0 Å². The minimum atomic E-state index is -0.554. The highest BCUT2D eigenvalue weighted by atomic mass is 16.5. The van der Waals surface area contributed by atoms with Crippen LogP contribution in [0.25, 0.3) is 22.2 Å². The van der Waals surface area contributed by atoms with E-state index >= 15 is 0 Å². The van der Waals surface area contributed by atoms with E-state index in [9.17, 15) is 9.59 Å². The van der Waals surface area contributed by atoms with E-state index in [0.29, 0.717) is 17.8 Å². The first-order chi connectivity index (χ1) is 16.1. The number of para-hydroxylation sites is 2. The molecule has 0 unspecified atom stereocenters. The molecule has 3 heterocycles. The minimum absolute atomic E-state index is 0.132. The molecule has 1 atom stereocenters. The number of ether oxygens (including phenoxy) is 2. The van der Waals surface area contributed by atoms with E-state index < -0.39 is 5.97 Å². The molecule has 2 N–H and O–H groups in total. The summed E-state index contributed by atoms with van der Waals surface area (Å²) in [6.07, 6.45) is 5.38. The first kappa shape index (κ1) is 20.6. The molecule has 0 aliphatic carbocycles. The molecule has 2 aliphatic heterocycles. The van der Waals surface area contributed by atoms with Crippen LogP contribution in [0.4, 0.5) is 0 Å². The number of methoxy groups -OCH3 is 2. The van der Waals surface area contributed by atoms with E-state index in [-0.39, 0.29) is 17.0 Å². The average molecular weight is 442 g/mol. The summed E-state index contributed by atoms with van der Waals surface area (Å²) in [5.74, 6) is 0.0736. The van der Waals surface area contributed by atoms with Crippen LogP contribution < -0.4 is 10.3 Å². The Morgan fingerprint density at radius 1 is 1.06 bits per heavy atom. The number of fused-ring (bicyclic) bond motifs is 2. The molecule has 0 bridgehead atoms. The molecule has 2 aromatic carbocycles. The first-order valence-corrected chi connectivity index (χ1v) is 10.5. The number of pyridine rings is 1. The van der Waals surface area contributed by atoms with Crippen LogP contribution in [0.3, 0.4) is 0 Å². The number of hydrogen-bond acceptors (Lipinski definition) is 5. The Morgan fingerprint density at radius 3 is 2.67 bits per heavy atom. The molecule has 0 radical (unpaired) electrons. The zero-order valence-electron chi connectivity index (χ0n) is 18.2. The van der Waals surface area contributed by atoms with Crippen molar-refractivity contribution in [1.82, 2.24) is 19.7 Å². The molecule has 3 aromatic rings. The predicted octanol–water partition coefficient (Wildman–Crippen LogP) is 3.78. The van der Waals surface area contributed by atoms with E-state index in [1.165, 1.54) is 7.11 Å². The minimum Gasteiger partial charge on any atom is -0.496 e. The van der Waals surface area contributed by atoms with E-state index in [0.717, 1.165) is 27.8 Å². The zero-order valence-corrected chi connectivity index (χ0v) is 18.2. The fraction of sp³-hybridized carbons (Fsp3) is 0.160. The van der Waals surface area contributed by atoms with Crippen molar-refractivity contribution in [2.45, 2.75) is 12.5 Å². The smallest absolute Gasteiger partial charge is 0.341 e. The monoisotopic (exact) mass is 442 g/mol. The summed E-state index contributed by atoms with van der Waals surface area (Å²) < 4.78 is 12.4. The van der Waals surface area contributed by atoms with Gasteiger partial charge in [-0.1, -0.05) is 36.4 Å². The number of benzene rings is 2. The number of nitrogens with one attached hydrogen (secondary N) is 2. The highest BCUT2D eigenvalue weighted by Crippen LogP contribution is 2.37. The van der Waals surface area contributed by atoms with Crippen LogP contribution in [0.5, 0.6) is 5.75 Å². The second-order valence-electron chi connectivity index (χ2n) is 7.76. The third-order valence-corrected chi connectivity index (χ3v) is 5.92. The van der Waals surface area contributed by atoms with Crippen LogP contribution in [-0.4, -0.2) is 39.9 Å². The maximum Gasteiger partial charge on any atom is 0.341 e. The van der Waals surface area contributed by atoms with E-state index in [4.69, 9.17) is 9.47 Å². The summed E-state index contributed by atoms with van der Waals surface area (Å²) in [5, 5.41) is 7.53. The predicted molar refractivity (Wildman–Crippen MR) is 124 cm³/mol. The largest absolute Gasteiger partial charge is 0.496 e. The Morgan fingerprint density at radius 2 is 1.85 bits per heavy atom. The van der Waals surface area contributed by atoms with Crippen LogP contribution >= 0.6 is 0 Å². The average Bonchev–Trinajstić information content (AvgIpc) is 3.45. The number of aromatic nitrogens is 4. The SMILES string of the molecule is COC(=O)c1cn(C[C@@H](c2ccccc2OC)c2c[nH]c3ccccc23)cc2c(=O)[nH]nc1-2. The molecule has 33 heavy (non-hydrogen) atoms. The van der Waals surface area contributed by atoms with Gasteiger partial charge in [-0.15, -0.1) is 0 Å². The lowest BCUT2D eigenvalue weighted by molar-refractivity contribution is 0.0600. The van der Waals surface area contributed by atoms with Gasteiger partial charge in [0.1, 0.15) is 17.0 Å². The molecule has 0 saturated carbocycles. The molecule has 0 fully saturated rings. The molecule has 8 nitrogen and oxygen atoms in total. The van der Waals surface area contributed by atoms with Gasteiger partial charge in [-0.3, -0.25) is 4.79 Å². The number of rotatable bonds is 6. The normalized spacial score (nSPS) is 12.2. The van der Waals surface area contributed by atoms with Crippen molar-refractivity contribution >= 4 is 16.9 Å². The number of nitrogens with zero attached hydrogens (tertiary/aromatic N) is 2. The van der Waals surface area contributed by atoms with E-state index in [2.05, 4.69) is 21.2 Å². The Balaban J connectivity index is 1.70. The number of carbonyl (C=O) groups is 1. The summed E-state index contributed by atoms with van der Waals surface area (Å²) in [4.78, 5) is 28.1. The molecule has 0 saturated heterocycles. The molecule has 8 heteroatoms. The molecule has 2 aliphatic rings. The molecule has 5 rings (SSSR count). The highest BCUT2D eigenvalue weighted by molar-refractivity contribution is 5.96. The van der Waals surface area contributed by atoms with Gasteiger partial charge in [0.05, 0.1) is 19.8 Å². The van der Waals surface area contributed by atoms with E-state index in [1.807, 2.05) is 53.2 Å². The second kappa shape index (κ2) is 8.31. The van der Waals surface area contributed by atoms with Crippen molar-refractivity contribution in [2.75, 3.05) is 14.2 Å². The summed E-state index contributed by atoms with van der Waals surface area (Å²) in [7, 11) is 2.95. The van der Waals surface area contributed by atoms with Crippen LogP contribution in [0.15, 0.2) is 71.9 Å². The van der Waals surface area contributed by atoms with Crippen molar-refractivity contribution < 1.29 is 14.3 Å². The maximum atomic E-state index is 12.4. The van der Waals surface area contributed by atoms with Gasteiger partial charge in [-0.25, -0.2) is 9.89 Å². The number of esters is 1. The first-order valence-electron chi connectivity index (χ1n) is 10.5. The third kappa shape index (κ3) is 3.55. The topological polar surface area (TPSA) is 102 Å². The summed E-state index contributed by atoms with van der Waals surface area (Å²) in [6.45, 7) is 0.451. The van der Waals surface area contributed by atoms with Crippen molar-refractivity contribution in [3.05, 3.63) is 94.2 Å². The Kier molecular flexibility index (Phi) is 5.18. The van der Waals surface area contributed by atoms with Gasteiger partial charge < -0.3 is 19.0 Å². The molecule has 1 aromatic heterocycles. The van der Waals surface area contributed by atoms with Crippen LogP contribution in [0, 0.1) is 0 Å². The third-order valence-electron chi connectivity index (χ3n) is 5.92. The molecular weight excluding hydrogens is 420 g/mol. The van der Waals surface area contributed by atoms with Crippen molar-refractivity contribution in [1.29, 1.82) is 0 Å². The Labute approximate surface area is 189 Å². The zero-order chi connectivity index (χ0) is 22.9. The van der Waals surface area contributed by atoms with E-state index in [1.54, 1.807) is 19.5 Å². The van der Waals surface area contributed by atoms with Gasteiger partial charge in [0.15, 0.2) is 0 Å². The van der Waals surface area contributed by atoms with Crippen LogP contribution in [0.2, 0.25) is 0 Å². The lowest BCUT2D eigenvalue weighted by atomic mass is 9.90. The number of carbonyl (C=O) groups excluding carboxylic acids is 1. The van der Waals surface area contributed by atoms with Gasteiger partial charge in [-0.2, -0.15) is 5.10 Å². The second-order valence-corrected chi connectivity index (χ2v) is 7.76. The lowest BCUT2D eigenvalue weighted by Crippen LogP contribution is -2.16. The summed E-state index contributed by atoms with van der Waals surface area (Å²) in [5.41, 5.74) is 3.60. The van der Waals surface area contributed by atoms with Crippen molar-refractivity contribution in [3.63, 3.8) is 0 Å².